The number of hydrogen-bond acceptors (Lipinski definition) is 9. The Hall–Kier alpha value is -3.59. The van der Waals surface area contributed by atoms with Crippen molar-refractivity contribution in [3.63, 3.8) is 0 Å². The van der Waals surface area contributed by atoms with Gasteiger partial charge in [0.05, 0.1) is 25.0 Å². The van der Waals surface area contributed by atoms with Gasteiger partial charge in [0.1, 0.15) is 0 Å². The van der Waals surface area contributed by atoms with Gasteiger partial charge in [-0.1, -0.05) is 60.3 Å². The van der Waals surface area contributed by atoms with Crippen LogP contribution in [0.15, 0.2) is 76.5 Å². The second kappa shape index (κ2) is 17.0. The Kier molecular flexibility index (Phi) is 13.1. The van der Waals surface area contributed by atoms with Crippen LogP contribution in [-0.4, -0.2) is 87.6 Å². The molecule has 4 amide bonds. The van der Waals surface area contributed by atoms with E-state index in [-0.39, 0.29) is 51.1 Å². The summed E-state index contributed by atoms with van der Waals surface area (Å²) in [4.78, 5) is 43.6. The fraction of sp³-hybridized carbons (Fsp3) is 0.382. The molecule has 0 fully saturated rings. The zero-order valence-corrected chi connectivity index (χ0v) is 28.4. The summed E-state index contributed by atoms with van der Waals surface area (Å²) in [5.41, 5.74) is 3.30. The number of nitrogens with one attached hydrogen (secondary N) is 4. The number of aliphatic hydroxyl groups excluding tert-OH is 3. The van der Waals surface area contributed by atoms with E-state index in [1.165, 1.54) is 11.8 Å². The number of β-amino-alcohol motifs (C(OH)–C–C–N with tert-alkyl or cyclic N) is 1. The number of urea groups is 1. The molecule has 3 aromatic carbocycles. The highest BCUT2D eigenvalue weighted by atomic mass is 32.2. The molecule has 0 saturated carbocycles. The Morgan fingerprint density at radius 1 is 1.09 bits per heavy atom. The number of hydrogen-bond donors (Lipinski definition) is 7. The van der Waals surface area contributed by atoms with Crippen LogP contribution in [-0.2, 0) is 22.7 Å². The Morgan fingerprint density at radius 3 is 2.55 bits per heavy atom. The van der Waals surface area contributed by atoms with Crippen LogP contribution in [0.2, 0.25) is 0 Å². The third-order valence-corrected chi connectivity index (χ3v) is 9.44. The summed E-state index contributed by atoms with van der Waals surface area (Å²) in [6.45, 7) is 3.84. The standard InChI is InChI=1S/C34H43N5O6S2/c1-34(2,36-18-25(42)21-41)17-30(43)38-31-32(44)39(20-24-10-11-26(46-3)16-29(24)47-31)19-22-9-12-27(23-7-5-4-6-8-23)28(15-22)37-33(45)35-13-14-40/h4-12,15-16,25,31,36,40-42H,13-14,17-21H2,1-3H3,(H,38,43)(H2,35,37,45)/t25-,31+/m0/s1. The molecule has 3 aromatic rings. The summed E-state index contributed by atoms with van der Waals surface area (Å²) in [5.74, 6) is -0.585. The quantitative estimate of drug-likeness (QED) is 0.127. The zero-order chi connectivity index (χ0) is 34.0. The Labute approximate surface area is 283 Å². The predicted octanol–water partition coefficient (Wildman–Crippen LogP) is 3.38. The molecule has 0 saturated heterocycles. The number of carbonyl (C=O) groups is 3. The van der Waals surface area contributed by atoms with Crippen LogP contribution in [0.25, 0.3) is 11.1 Å². The lowest BCUT2D eigenvalue weighted by Gasteiger charge is -2.29. The first-order chi connectivity index (χ1) is 22.5. The van der Waals surface area contributed by atoms with E-state index < -0.39 is 23.0 Å². The monoisotopic (exact) mass is 681 g/mol. The third-order valence-electron chi connectivity index (χ3n) is 7.53. The SMILES string of the molecule is CSc1ccc2c(c1)S[C@@H](NC(=O)CC(C)(C)NC[C@H](O)CO)C(=O)N(Cc1ccc(-c3ccccc3)c(NC(=O)NCCO)c1)C2. The van der Waals surface area contributed by atoms with Gasteiger partial charge in [-0.15, -0.1) is 11.8 Å². The van der Waals surface area contributed by atoms with E-state index in [1.807, 2.05) is 86.8 Å². The molecule has 47 heavy (non-hydrogen) atoms. The van der Waals surface area contributed by atoms with Crippen LogP contribution in [0.3, 0.4) is 0 Å². The highest BCUT2D eigenvalue weighted by Crippen LogP contribution is 2.36. The smallest absolute Gasteiger partial charge is 0.319 e. The molecule has 1 heterocycles. The zero-order valence-electron chi connectivity index (χ0n) is 26.8. The van der Waals surface area contributed by atoms with E-state index in [2.05, 4.69) is 21.3 Å². The van der Waals surface area contributed by atoms with Crippen LogP contribution in [0.5, 0.6) is 0 Å². The normalized spacial score (nSPS) is 15.4. The maximum absolute atomic E-state index is 14.1. The largest absolute Gasteiger partial charge is 0.395 e. The molecule has 0 unspecified atom stereocenters. The molecule has 0 aliphatic carbocycles. The van der Waals surface area contributed by atoms with Gasteiger partial charge in [-0.25, -0.2) is 4.79 Å². The molecule has 11 nitrogen and oxygen atoms in total. The summed E-state index contributed by atoms with van der Waals surface area (Å²) in [6, 6.07) is 20.9. The molecular formula is C34H43N5O6S2. The number of aliphatic hydroxyl groups is 3. The first-order valence-corrected chi connectivity index (χ1v) is 17.4. The van der Waals surface area contributed by atoms with E-state index in [0.29, 0.717) is 12.2 Å². The van der Waals surface area contributed by atoms with E-state index in [9.17, 15) is 19.5 Å². The third kappa shape index (κ3) is 10.4. The first-order valence-electron chi connectivity index (χ1n) is 15.3. The summed E-state index contributed by atoms with van der Waals surface area (Å²) in [6.07, 6.45) is 1.08. The lowest BCUT2D eigenvalue weighted by atomic mass is 10.00. The molecule has 0 bridgehead atoms. The number of benzene rings is 3. The highest BCUT2D eigenvalue weighted by Gasteiger charge is 2.33. The molecule has 0 radical (unpaired) electrons. The summed E-state index contributed by atoms with van der Waals surface area (Å²) in [5, 5.41) is 38.7. The number of amides is 4. The van der Waals surface area contributed by atoms with Gasteiger partial charge in [0.15, 0.2) is 5.37 Å². The number of anilines is 1. The maximum atomic E-state index is 14.1. The van der Waals surface area contributed by atoms with E-state index in [0.717, 1.165) is 32.0 Å². The van der Waals surface area contributed by atoms with Gasteiger partial charge in [0, 0.05) is 53.5 Å². The average Bonchev–Trinajstić information content (AvgIpc) is 3.18. The van der Waals surface area contributed by atoms with Crippen LogP contribution < -0.4 is 21.3 Å². The fourth-order valence-electron chi connectivity index (χ4n) is 5.09. The van der Waals surface area contributed by atoms with Crippen LogP contribution in [0.1, 0.15) is 31.4 Å². The molecular weight excluding hydrogens is 639 g/mol. The predicted molar refractivity (Wildman–Crippen MR) is 186 cm³/mol. The van der Waals surface area contributed by atoms with Gasteiger partial charge in [0.2, 0.25) is 5.91 Å². The van der Waals surface area contributed by atoms with Gasteiger partial charge in [-0.2, -0.15) is 0 Å². The Morgan fingerprint density at radius 2 is 1.85 bits per heavy atom. The second-order valence-electron chi connectivity index (χ2n) is 11.9. The first kappa shape index (κ1) is 36.2. The van der Waals surface area contributed by atoms with Crippen molar-refractivity contribution in [2.75, 3.05) is 37.9 Å². The number of rotatable bonds is 14. The van der Waals surface area contributed by atoms with Gasteiger partial charge >= 0.3 is 6.03 Å². The summed E-state index contributed by atoms with van der Waals surface area (Å²) < 4.78 is 0. The van der Waals surface area contributed by atoms with E-state index in [4.69, 9.17) is 10.2 Å². The van der Waals surface area contributed by atoms with Crippen molar-refractivity contribution in [2.24, 2.45) is 0 Å². The van der Waals surface area contributed by atoms with Gasteiger partial charge in [0.25, 0.3) is 5.91 Å². The number of carbonyl (C=O) groups excluding carboxylic acids is 3. The van der Waals surface area contributed by atoms with Gasteiger partial charge < -0.3 is 41.5 Å². The van der Waals surface area contributed by atoms with Crippen molar-refractivity contribution in [3.8, 4) is 11.1 Å². The fourth-order valence-corrected chi connectivity index (χ4v) is 6.78. The molecule has 4 rings (SSSR count). The van der Waals surface area contributed by atoms with Crippen molar-refractivity contribution < 1.29 is 29.7 Å². The molecule has 2 atom stereocenters. The van der Waals surface area contributed by atoms with Crippen LogP contribution in [0, 0.1) is 0 Å². The Balaban J connectivity index is 1.60. The number of thioether (sulfide) groups is 2. The highest BCUT2D eigenvalue weighted by molar-refractivity contribution is 8.01. The van der Waals surface area contributed by atoms with E-state index in [1.54, 1.807) is 16.7 Å². The van der Waals surface area contributed by atoms with E-state index >= 15 is 0 Å². The molecule has 0 spiro atoms. The molecule has 13 heteroatoms. The lowest BCUT2D eigenvalue weighted by molar-refractivity contribution is -0.135. The topological polar surface area (TPSA) is 163 Å². The van der Waals surface area contributed by atoms with Crippen LogP contribution >= 0.6 is 23.5 Å². The molecule has 7 N–H and O–H groups in total. The minimum absolute atomic E-state index is 0.0432. The number of nitrogens with zero attached hydrogens (tertiary/aromatic N) is 1. The van der Waals surface area contributed by atoms with Crippen molar-refractivity contribution in [1.29, 1.82) is 0 Å². The maximum Gasteiger partial charge on any atom is 0.319 e. The molecule has 252 valence electrons. The Bertz CT molecular complexity index is 1540. The van der Waals surface area contributed by atoms with Crippen LogP contribution in [0.4, 0.5) is 10.5 Å². The molecule has 1 aliphatic rings. The van der Waals surface area contributed by atoms with Gasteiger partial charge in [-0.3, -0.25) is 9.59 Å². The minimum atomic E-state index is -0.945. The van der Waals surface area contributed by atoms with Crippen molar-refractivity contribution in [3.05, 3.63) is 77.9 Å². The molecule has 1 aliphatic heterocycles. The number of fused-ring (bicyclic) bond motifs is 1. The minimum Gasteiger partial charge on any atom is -0.395 e. The second-order valence-corrected chi connectivity index (χ2v) is 13.9. The average molecular weight is 682 g/mol. The summed E-state index contributed by atoms with van der Waals surface area (Å²) in [7, 11) is 0. The summed E-state index contributed by atoms with van der Waals surface area (Å²) >= 11 is 2.91. The van der Waals surface area contributed by atoms with Crippen molar-refractivity contribution in [1.82, 2.24) is 20.9 Å². The van der Waals surface area contributed by atoms with Gasteiger partial charge in [-0.05, 0) is 55.0 Å². The lowest BCUT2D eigenvalue weighted by Crippen LogP contribution is -2.50. The van der Waals surface area contributed by atoms with Crippen molar-refractivity contribution >= 4 is 47.1 Å². The van der Waals surface area contributed by atoms with Crippen molar-refractivity contribution in [2.45, 2.75) is 60.2 Å². The molecule has 0 aromatic heterocycles.